The molecule has 26 heavy (non-hydrogen) atoms. The van der Waals surface area contributed by atoms with E-state index in [1.165, 1.54) is 0 Å². The lowest BCUT2D eigenvalue weighted by Crippen LogP contribution is -2.67. The Balaban J connectivity index is 1.23. The number of likely N-dealkylation sites (tertiary alicyclic amines) is 1. The van der Waals surface area contributed by atoms with Crippen molar-refractivity contribution >= 4 is 5.91 Å². The van der Waals surface area contributed by atoms with Crippen molar-refractivity contribution in [2.24, 2.45) is 11.8 Å². The van der Waals surface area contributed by atoms with Crippen LogP contribution in [0.3, 0.4) is 0 Å². The van der Waals surface area contributed by atoms with Gasteiger partial charge in [0.1, 0.15) is 5.60 Å². The second-order valence-corrected chi connectivity index (χ2v) is 7.86. The van der Waals surface area contributed by atoms with E-state index < -0.39 is 0 Å². The summed E-state index contributed by atoms with van der Waals surface area (Å²) in [6.07, 6.45) is 12.5. The molecule has 6 nitrogen and oxygen atoms in total. The maximum absolute atomic E-state index is 12.5. The molecule has 1 aliphatic carbocycles. The number of carbonyl (C=O) groups is 1. The van der Waals surface area contributed by atoms with E-state index in [0.29, 0.717) is 24.3 Å². The summed E-state index contributed by atoms with van der Waals surface area (Å²) in [5.74, 6) is 1.63. The zero-order valence-electron chi connectivity index (χ0n) is 15.4. The van der Waals surface area contributed by atoms with Gasteiger partial charge < -0.3 is 14.4 Å². The van der Waals surface area contributed by atoms with Gasteiger partial charge in [0.15, 0.2) is 0 Å². The van der Waals surface area contributed by atoms with Crippen molar-refractivity contribution in [2.45, 2.75) is 44.6 Å². The van der Waals surface area contributed by atoms with Crippen LogP contribution in [0, 0.1) is 18.8 Å². The largest absolute Gasteiger partial charge is 0.477 e. The quantitative estimate of drug-likeness (QED) is 0.758. The molecule has 0 radical (unpaired) electrons. The minimum atomic E-state index is -0.117. The van der Waals surface area contributed by atoms with E-state index in [1.807, 2.05) is 11.8 Å². The summed E-state index contributed by atoms with van der Waals surface area (Å²) in [6.45, 7) is 4.84. The number of aromatic nitrogens is 2. The summed E-state index contributed by atoms with van der Waals surface area (Å²) < 4.78 is 11.8. The molecule has 0 unspecified atom stereocenters. The summed E-state index contributed by atoms with van der Waals surface area (Å²) >= 11 is 0. The highest BCUT2D eigenvalue weighted by molar-refractivity contribution is 5.80. The molecule has 1 aromatic rings. The van der Waals surface area contributed by atoms with Gasteiger partial charge in [-0.3, -0.25) is 9.78 Å². The predicted octanol–water partition coefficient (Wildman–Crippen LogP) is 2.53. The van der Waals surface area contributed by atoms with Gasteiger partial charge >= 0.3 is 0 Å². The third-order valence-corrected chi connectivity index (χ3v) is 5.73. The number of hydrogen-bond acceptors (Lipinski definition) is 5. The molecule has 3 heterocycles. The molecule has 2 aliphatic heterocycles. The van der Waals surface area contributed by atoms with Gasteiger partial charge in [-0.25, -0.2) is 4.98 Å². The Morgan fingerprint density at radius 3 is 2.92 bits per heavy atom. The number of aryl methyl sites for hydroxylation is 1. The minimum Gasteiger partial charge on any atom is -0.477 e. The van der Waals surface area contributed by atoms with E-state index in [0.717, 1.165) is 57.5 Å². The first-order valence-electron chi connectivity index (χ1n) is 9.63. The molecule has 3 aliphatic rings. The zero-order valence-corrected chi connectivity index (χ0v) is 15.4. The van der Waals surface area contributed by atoms with Crippen molar-refractivity contribution in [3.8, 4) is 5.88 Å². The van der Waals surface area contributed by atoms with Crippen LogP contribution in [0.1, 0.15) is 37.8 Å². The number of allylic oxidation sites excluding steroid dienone is 2. The van der Waals surface area contributed by atoms with Gasteiger partial charge in [0.05, 0.1) is 31.6 Å². The standard InChI is InChI=1S/C20H27N3O3/c1-15-11-21-12-18(22-15)25-8-6-16-7-9-26-20(10-16)13-23(14-20)19(24)17-4-2-3-5-17/h2-3,11-12,16-17H,4-10,13-14H2,1H3/t16-/m0/s1. The monoisotopic (exact) mass is 357 g/mol. The number of carbonyl (C=O) groups excluding carboxylic acids is 1. The molecule has 1 aromatic heterocycles. The van der Waals surface area contributed by atoms with Crippen molar-refractivity contribution in [3.05, 3.63) is 30.2 Å². The fourth-order valence-corrected chi connectivity index (χ4v) is 4.32. The van der Waals surface area contributed by atoms with E-state index in [4.69, 9.17) is 9.47 Å². The molecule has 1 atom stereocenters. The Labute approximate surface area is 154 Å². The topological polar surface area (TPSA) is 64.6 Å². The highest BCUT2D eigenvalue weighted by Gasteiger charge is 2.49. The first kappa shape index (κ1) is 17.5. The molecule has 2 fully saturated rings. The van der Waals surface area contributed by atoms with Gasteiger partial charge in [0, 0.05) is 18.7 Å². The zero-order chi connectivity index (χ0) is 18.0. The third kappa shape index (κ3) is 3.75. The van der Waals surface area contributed by atoms with Crippen LogP contribution in [-0.2, 0) is 9.53 Å². The second kappa shape index (κ2) is 7.35. The summed E-state index contributed by atoms with van der Waals surface area (Å²) in [6, 6.07) is 0. The molecule has 4 rings (SSSR count). The number of nitrogens with zero attached hydrogens (tertiary/aromatic N) is 3. The minimum absolute atomic E-state index is 0.117. The van der Waals surface area contributed by atoms with E-state index >= 15 is 0 Å². The summed E-state index contributed by atoms with van der Waals surface area (Å²) in [7, 11) is 0. The Morgan fingerprint density at radius 2 is 2.15 bits per heavy atom. The van der Waals surface area contributed by atoms with Crippen LogP contribution in [0.2, 0.25) is 0 Å². The summed E-state index contributed by atoms with van der Waals surface area (Å²) in [5.41, 5.74) is 0.748. The summed E-state index contributed by atoms with van der Waals surface area (Å²) in [5, 5.41) is 0. The molecular formula is C20H27N3O3. The lowest BCUT2D eigenvalue weighted by Gasteiger charge is -2.53. The molecule has 140 valence electrons. The van der Waals surface area contributed by atoms with Crippen LogP contribution in [0.4, 0.5) is 0 Å². The molecule has 1 spiro atoms. The van der Waals surface area contributed by atoms with Crippen LogP contribution in [0.15, 0.2) is 24.5 Å². The summed E-state index contributed by atoms with van der Waals surface area (Å²) in [4.78, 5) is 22.9. The number of amides is 1. The highest BCUT2D eigenvalue weighted by atomic mass is 16.5. The smallest absolute Gasteiger partial charge is 0.232 e. The Morgan fingerprint density at radius 1 is 1.35 bits per heavy atom. The number of rotatable bonds is 5. The van der Waals surface area contributed by atoms with E-state index in [-0.39, 0.29) is 11.5 Å². The Kier molecular flexibility index (Phi) is 4.94. The third-order valence-electron chi connectivity index (χ3n) is 5.73. The molecule has 1 amide bonds. The van der Waals surface area contributed by atoms with Gasteiger partial charge in [-0.05, 0) is 44.9 Å². The van der Waals surface area contributed by atoms with E-state index in [1.54, 1.807) is 12.4 Å². The van der Waals surface area contributed by atoms with Crippen LogP contribution < -0.4 is 4.74 Å². The Bertz CT molecular complexity index is 677. The van der Waals surface area contributed by atoms with Crippen molar-refractivity contribution in [1.82, 2.24) is 14.9 Å². The van der Waals surface area contributed by atoms with Gasteiger partial charge in [0.25, 0.3) is 0 Å². The number of hydrogen-bond donors (Lipinski definition) is 0. The van der Waals surface area contributed by atoms with Gasteiger partial charge in [0.2, 0.25) is 11.8 Å². The average molecular weight is 357 g/mol. The number of ether oxygens (including phenoxy) is 2. The van der Waals surface area contributed by atoms with Crippen molar-refractivity contribution in [3.63, 3.8) is 0 Å². The fourth-order valence-electron chi connectivity index (χ4n) is 4.32. The van der Waals surface area contributed by atoms with E-state index in [2.05, 4.69) is 22.1 Å². The first-order valence-corrected chi connectivity index (χ1v) is 9.63. The van der Waals surface area contributed by atoms with Crippen LogP contribution in [0.25, 0.3) is 0 Å². The second-order valence-electron chi connectivity index (χ2n) is 7.86. The molecule has 0 aromatic carbocycles. The SMILES string of the molecule is Cc1cncc(OCC[C@H]2CCOC3(C2)CN(C(=O)C2CC=CC2)C3)n1. The maximum atomic E-state index is 12.5. The molecule has 0 N–H and O–H groups in total. The maximum Gasteiger partial charge on any atom is 0.232 e. The van der Waals surface area contributed by atoms with Crippen molar-refractivity contribution < 1.29 is 14.3 Å². The van der Waals surface area contributed by atoms with Crippen molar-refractivity contribution in [1.29, 1.82) is 0 Å². The predicted molar refractivity (Wildman–Crippen MR) is 96.7 cm³/mol. The first-order chi connectivity index (χ1) is 12.6. The van der Waals surface area contributed by atoms with Crippen molar-refractivity contribution in [2.75, 3.05) is 26.3 Å². The van der Waals surface area contributed by atoms with Gasteiger partial charge in [-0.2, -0.15) is 0 Å². The highest BCUT2D eigenvalue weighted by Crippen LogP contribution is 2.39. The van der Waals surface area contributed by atoms with Crippen LogP contribution >= 0.6 is 0 Å². The van der Waals surface area contributed by atoms with Crippen LogP contribution in [0.5, 0.6) is 5.88 Å². The molecular weight excluding hydrogens is 330 g/mol. The van der Waals surface area contributed by atoms with Gasteiger partial charge in [-0.15, -0.1) is 0 Å². The van der Waals surface area contributed by atoms with E-state index in [9.17, 15) is 4.79 Å². The molecule has 0 bridgehead atoms. The normalized spacial score (nSPS) is 24.7. The lowest BCUT2D eigenvalue weighted by molar-refractivity contribution is -0.191. The molecule has 6 heteroatoms. The average Bonchev–Trinajstić information content (AvgIpc) is 3.14. The fraction of sp³-hybridized carbons (Fsp3) is 0.650. The Hall–Kier alpha value is -1.95. The van der Waals surface area contributed by atoms with Gasteiger partial charge in [-0.1, -0.05) is 12.2 Å². The van der Waals surface area contributed by atoms with Crippen LogP contribution in [-0.4, -0.2) is 52.7 Å². The lowest BCUT2D eigenvalue weighted by atomic mass is 9.79. The molecule has 2 saturated heterocycles. The molecule has 0 saturated carbocycles.